The predicted octanol–water partition coefficient (Wildman–Crippen LogP) is 1.53. The number of aryl methyl sites for hydroxylation is 1. The summed E-state index contributed by atoms with van der Waals surface area (Å²) in [5.41, 5.74) is 1.13. The lowest BCUT2D eigenvalue weighted by molar-refractivity contribution is -0.137. The van der Waals surface area contributed by atoms with Gasteiger partial charge < -0.3 is 14.9 Å². The predicted molar refractivity (Wildman–Crippen MR) is 77.0 cm³/mol. The summed E-state index contributed by atoms with van der Waals surface area (Å²) in [7, 11) is 0. The van der Waals surface area contributed by atoms with E-state index in [0.29, 0.717) is 26.2 Å². The quantitative estimate of drug-likeness (QED) is 0.718. The number of aliphatic carboxylic acids is 1. The van der Waals surface area contributed by atoms with E-state index in [-0.39, 0.29) is 6.42 Å². The molecule has 1 aromatic rings. The first-order valence-electron chi connectivity index (χ1n) is 6.79. The number of hydrogen-bond acceptors (Lipinski definition) is 4. The minimum absolute atomic E-state index is 0.0666. The van der Waals surface area contributed by atoms with Gasteiger partial charge in [-0.3, -0.25) is 9.69 Å². The molecule has 0 radical (unpaired) electrons. The van der Waals surface area contributed by atoms with Gasteiger partial charge in [0, 0.05) is 19.6 Å². The molecule has 0 saturated carbocycles. The molecule has 0 fully saturated rings. The number of rotatable bonds is 9. The fourth-order valence-electron chi connectivity index (χ4n) is 1.92. The molecule has 5 heteroatoms. The highest BCUT2D eigenvalue weighted by molar-refractivity contribution is 5.66. The molecule has 0 spiro atoms. The Morgan fingerprint density at radius 2 is 2.15 bits per heavy atom. The van der Waals surface area contributed by atoms with Crippen molar-refractivity contribution in [2.45, 2.75) is 26.4 Å². The van der Waals surface area contributed by atoms with Gasteiger partial charge in [0.05, 0.1) is 12.5 Å². The van der Waals surface area contributed by atoms with E-state index in [9.17, 15) is 9.90 Å². The Bertz CT molecular complexity index is 420. The van der Waals surface area contributed by atoms with Gasteiger partial charge in [-0.05, 0) is 31.5 Å². The molecule has 1 unspecified atom stereocenters. The number of aliphatic hydroxyl groups excluding tert-OH is 1. The maximum Gasteiger partial charge on any atom is 0.304 e. The van der Waals surface area contributed by atoms with E-state index >= 15 is 0 Å². The van der Waals surface area contributed by atoms with Crippen LogP contribution in [0.1, 0.15) is 18.9 Å². The van der Waals surface area contributed by atoms with Gasteiger partial charge in [-0.2, -0.15) is 0 Å². The molecule has 0 aliphatic heterocycles. The first-order chi connectivity index (χ1) is 9.47. The van der Waals surface area contributed by atoms with Crippen LogP contribution in [0.5, 0.6) is 5.75 Å². The minimum atomic E-state index is -0.833. The highest BCUT2D eigenvalue weighted by Gasteiger charge is 2.10. The Morgan fingerprint density at radius 1 is 1.40 bits per heavy atom. The van der Waals surface area contributed by atoms with E-state index in [1.807, 2.05) is 36.1 Å². The van der Waals surface area contributed by atoms with Crippen molar-refractivity contribution in [3.8, 4) is 5.75 Å². The number of carbonyl (C=O) groups is 1. The largest absolute Gasteiger partial charge is 0.492 e. The molecule has 0 bridgehead atoms. The molecule has 0 aliphatic carbocycles. The van der Waals surface area contributed by atoms with Crippen LogP contribution in [0.4, 0.5) is 0 Å². The first-order valence-corrected chi connectivity index (χ1v) is 6.79. The third-order valence-electron chi connectivity index (χ3n) is 2.83. The SMILES string of the molecule is Cc1cccc(OCCN(CCC(=O)O)CC(C)O)c1. The summed E-state index contributed by atoms with van der Waals surface area (Å²) >= 11 is 0. The van der Waals surface area contributed by atoms with Gasteiger partial charge >= 0.3 is 5.97 Å². The maximum absolute atomic E-state index is 10.6. The summed E-state index contributed by atoms with van der Waals surface area (Å²) < 4.78 is 5.63. The second-order valence-corrected chi connectivity index (χ2v) is 4.96. The number of benzene rings is 1. The van der Waals surface area contributed by atoms with Crippen LogP contribution in [-0.4, -0.2) is 53.4 Å². The van der Waals surface area contributed by atoms with E-state index in [2.05, 4.69) is 0 Å². The van der Waals surface area contributed by atoms with Crippen molar-refractivity contribution < 1.29 is 19.7 Å². The van der Waals surface area contributed by atoms with Crippen LogP contribution < -0.4 is 4.74 Å². The van der Waals surface area contributed by atoms with E-state index < -0.39 is 12.1 Å². The molecule has 112 valence electrons. The molecule has 20 heavy (non-hydrogen) atoms. The van der Waals surface area contributed by atoms with Crippen LogP contribution in [0.15, 0.2) is 24.3 Å². The Hall–Kier alpha value is -1.59. The van der Waals surface area contributed by atoms with Gasteiger partial charge in [0.15, 0.2) is 0 Å². The summed E-state index contributed by atoms with van der Waals surface area (Å²) in [5, 5.41) is 18.1. The van der Waals surface area contributed by atoms with Gasteiger partial charge in [0.25, 0.3) is 0 Å². The fourth-order valence-corrected chi connectivity index (χ4v) is 1.92. The third kappa shape index (κ3) is 7.11. The van der Waals surface area contributed by atoms with Gasteiger partial charge in [-0.1, -0.05) is 12.1 Å². The Morgan fingerprint density at radius 3 is 2.75 bits per heavy atom. The van der Waals surface area contributed by atoms with Gasteiger partial charge in [0.1, 0.15) is 12.4 Å². The summed E-state index contributed by atoms with van der Waals surface area (Å²) in [6, 6.07) is 7.78. The molecule has 0 aliphatic rings. The average molecular weight is 281 g/mol. The van der Waals surface area contributed by atoms with E-state index in [4.69, 9.17) is 9.84 Å². The lowest BCUT2D eigenvalue weighted by Crippen LogP contribution is -2.36. The van der Waals surface area contributed by atoms with Crippen LogP contribution in [0.25, 0.3) is 0 Å². The highest BCUT2D eigenvalue weighted by atomic mass is 16.5. The number of carboxylic acids is 1. The molecular weight excluding hydrogens is 258 g/mol. The summed E-state index contributed by atoms with van der Waals surface area (Å²) in [6.07, 6.45) is -0.417. The lowest BCUT2D eigenvalue weighted by Gasteiger charge is -2.23. The number of aliphatic hydroxyl groups is 1. The maximum atomic E-state index is 10.6. The smallest absolute Gasteiger partial charge is 0.304 e. The zero-order valence-corrected chi connectivity index (χ0v) is 12.1. The van der Waals surface area contributed by atoms with Gasteiger partial charge in [-0.15, -0.1) is 0 Å². The van der Waals surface area contributed by atoms with Crippen molar-refractivity contribution in [3.05, 3.63) is 29.8 Å². The van der Waals surface area contributed by atoms with Crippen molar-refractivity contribution in [1.29, 1.82) is 0 Å². The fraction of sp³-hybridized carbons (Fsp3) is 0.533. The topological polar surface area (TPSA) is 70.0 Å². The number of carboxylic acid groups (broad SMARTS) is 1. The van der Waals surface area contributed by atoms with E-state index in [1.165, 1.54) is 0 Å². The Kier molecular flexibility index (Phi) is 7.04. The minimum Gasteiger partial charge on any atom is -0.492 e. The number of nitrogens with zero attached hydrogens (tertiary/aromatic N) is 1. The van der Waals surface area contributed by atoms with Crippen molar-refractivity contribution in [3.63, 3.8) is 0 Å². The molecule has 5 nitrogen and oxygen atoms in total. The normalized spacial score (nSPS) is 12.4. The van der Waals surface area contributed by atoms with Crippen molar-refractivity contribution in [2.75, 3.05) is 26.2 Å². The van der Waals surface area contributed by atoms with E-state index in [0.717, 1.165) is 11.3 Å². The van der Waals surface area contributed by atoms with Crippen LogP contribution in [0, 0.1) is 6.92 Å². The summed E-state index contributed by atoms with van der Waals surface area (Å²) in [5.74, 6) is -0.0274. The molecule has 1 aromatic carbocycles. The van der Waals surface area contributed by atoms with Crippen LogP contribution in [0.2, 0.25) is 0 Å². The van der Waals surface area contributed by atoms with Crippen LogP contribution >= 0.6 is 0 Å². The molecule has 1 atom stereocenters. The lowest BCUT2D eigenvalue weighted by atomic mass is 10.2. The van der Waals surface area contributed by atoms with Gasteiger partial charge in [-0.25, -0.2) is 0 Å². The number of ether oxygens (including phenoxy) is 1. The van der Waals surface area contributed by atoms with Crippen LogP contribution in [0.3, 0.4) is 0 Å². The second kappa shape index (κ2) is 8.55. The van der Waals surface area contributed by atoms with E-state index in [1.54, 1.807) is 6.92 Å². The second-order valence-electron chi connectivity index (χ2n) is 4.96. The van der Waals surface area contributed by atoms with Crippen molar-refractivity contribution >= 4 is 5.97 Å². The molecule has 0 heterocycles. The van der Waals surface area contributed by atoms with Gasteiger partial charge in [0.2, 0.25) is 0 Å². The average Bonchev–Trinajstić information content (AvgIpc) is 2.35. The number of hydrogen-bond donors (Lipinski definition) is 2. The monoisotopic (exact) mass is 281 g/mol. The molecule has 0 amide bonds. The zero-order chi connectivity index (χ0) is 15.0. The summed E-state index contributed by atoms with van der Waals surface area (Å²) in [6.45, 7) is 5.61. The molecule has 0 saturated heterocycles. The Balaban J connectivity index is 2.38. The highest BCUT2D eigenvalue weighted by Crippen LogP contribution is 2.12. The van der Waals surface area contributed by atoms with Crippen LogP contribution in [-0.2, 0) is 4.79 Å². The Labute approximate surface area is 119 Å². The van der Waals surface area contributed by atoms with Crippen molar-refractivity contribution in [1.82, 2.24) is 4.90 Å². The zero-order valence-electron chi connectivity index (χ0n) is 12.1. The molecular formula is C15H23NO4. The molecule has 2 N–H and O–H groups in total. The molecule has 0 aromatic heterocycles. The first kappa shape index (κ1) is 16.5. The summed E-state index contributed by atoms with van der Waals surface area (Å²) in [4.78, 5) is 12.5. The molecule has 1 rings (SSSR count). The van der Waals surface area contributed by atoms with Crippen molar-refractivity contribution in [2.24, 2.45) is 0 Å². The third-order valence-corrected chi connectivity index (χ3v) is 2.83. The standard InChI is InChI=1S/C15H23NO4/c1-12-4-3-5-14(10-12)20-9-8-16(11-13(2)17)7-6-15(18)19/h3-5,10,13,17H,6-9,11H2,1-2H3,(H,18,19).